The third-order valence-electron chi connectivity index (χ3n) is 4.08. The molecule has 0 spiro atoms. The molecule has 2 aromatic carbocycles. The van der Waals surface area contributed by atoms with Crippen LogP contribution in [0.25, 0.3) is 11.0 Å². The summed E-state index contributed by atoms with van der Waals surface area (Å²) >= 11 is 0. The van der Waals surface area contributed by atoms with E-state index >= 15 is 0 Å². The first-order valence-corrected chi connectivity index (χ1v) is 7.98. The Balaban J connectivity index is 2.17. The molecule has 6 heteroatoms. The molecule has 25 heavy (non-hydrogen) atoms. The van der Waals surface area contributed by atoms with Crippen molar-refractivity contribution in [2.24, 2.45) is 5.73 Å². The summed E-state index contributed by atoms with van der Waals surface area (Å²) in [5.74, 6) is 0.559. The summed E-state index contributed by atoms with van der Waals surface area (Å²) in [4.78, 5) is 4.41. The number of benzene rings is 2. The van der Waals surface area contributed by atoms with Gasteiger partial charge in [-0.2, -0.15) is 13.2 Å². The van der Waals surface area contributed by atoms with Crippen LogP contribution in [0.1, 0.15) is 36.4 Å². The van der Waals surface area contributed by atoms with Gasteiger partial charge in [-0.1, -0.05) is 29.8 Å². The van der Waals surface area contributed by atoms with Crippen molar-refractivity contribution in [3.05, 3.63) is 65.0 Å². The monoisotopic (exact) mass is 347 g/mol. The molecule has 3 nitrogen and oxygen atoms in total. The highest BCUT2D eigenvalue weighted by molar-refractivity contribution is 5.77. The largest absolute Gasteiger partial charge is 0.416 e. The molecule has 0 aliphatic rings. The maximum absolute atomic E-state index is 13.0. The fourth-order valence-corrected chi connectivity index (χ4v) is 2.95. The fraction of sp³-hybridized carbons (Fsp3) is 0.316. The number of fused-ring (bicyclic) bond motifs is 1. The van der Waals surface area contributed by atoms with Crippen LogP contribution in [0.2, 0.25) is 0 Å². The summed E-state index contributed by atoms with van der Waals surface area (Å²) in [6.45, 7) is 6.09. The summed E-state index contributed by atoms with van der Waals surface area (Å²) in [5.41, 5.74) is 7.85. The molecule has 1 heterocycles. The third-order valence-corrected chi connectivity index (χ3v) is 4.08. The third kappa shape index (κ3) is 3.54. The van der Waals surface area contributed by atoms with Gasteiger partial charge in [0.25, 0.3) is 0 Å². The van der Waals surface area contributed by atoms with Crippen molar-refractivity contribution < 1.29 is 13.2 Å². The van der Waals surface area contributed by atoms with Gasteiger partial charge >= 0.3 is 6.18 Å². The summed E-state index contributed by atoms with van der Waals surface area (Å²) in [6, 6.07) is 11.6. The van der Waals surface area contributed by atoms with Crippen LogP contribution < -0.4 is 5.73 Å². The van der Waals surface area contributed by atoms with E-state index in [2.05, 4.69) is 4.98 Å². The molecule has 132 valence electrons. The van der Waals surface area contributed by atoms with Crippen LogP contribution in [0.4, 0.5) is 13.2 Å². The number of alkyl halides is 3. The Morgan fingerprint density at radius 1 is 1.08 bits per heavy atom. The van der Waals surface area contributed by atoms with Gasteiger partial charge in [-0.15, -0.1) is 0 Å². The van der Waals surface area contributed by atoms with Crippen LogP contribution in [0.3, 0.4) is 0 Å². The molecule has 0 saturated carbocycles. The Morgan fingerprint density at radius 2 is 1.80 bits per heavy atom. The van der Waals surface area contributed by atoms with Crippen molar-refractivity contribution in [2.45, 2.75) is 39.0 Å². The zero-order valence-electron chi connectivity index (χ0n) is 14.4. The van der Waals surface area contributed by atoms with E-state index in [0.29, 0.717) is 23.4 Å². The Labute approximate surface area is 144 Å². The lowest BCUT2D eigenvalue weighted by Crippen LogP contribution is -2.32. The Morgan fingerprint density at radius 3 is 2.40 bits per heavy atom. The lowest BCUT2D eigenvalue weighted by atomic mass is 10.1. The molecule has 0 saturated heterocycles. The Bertz CT molecular complexity index is 918. The topological polar surface area (TPSA) is 43.8 Å². The minimum atomic E-state index is -4.40. The number of aromatic nitrogens is 2. The number of rotatable bonds is 3. The van der Waals surface area contributed by atoms with E-state index in [4.69, 9.17) is 5.73 Å². The van der Waals surface area contributed by atoms with Gasteiger partial charge in [-0.3, -0.25) is 0 Å². The van der Waals surface area contributed by atoms with E-state index in [0.717, 1.165) is 23.3 Å². The standard InChI is InChI=1S/C19H20F3N3/c1-12-5-4-6-13(9-12)11-25-16-8-7-14(19(20,21)22)10-15(16)24-17(25)18(2,3)23/h4-10H,11,23H2,1-3H3. The van der Waals surface area contributed by atoms with Gasteiger partial charge in [0.15, 0.2) is 0 Å². The Kier molecular flexibility index (Phi) is 4.11. The van der Waals surface area contributed by atoms with Gasteiger partial charge in [0, 0.05) is 6.54 Å². The average molecular weight is 347 g/mol. The SMILES string of the molecule is Cc1cccc(Cn2c(C(C)(C)N)nc3cc(C(F)(F)F)ccc32)c1. The molecule has 0 bridgehead atoms. The van der Waals surface area contributed by atoms with Gasteiger partial charge < -0.3 is 10.3 Å². The maximum atomic E-state index is 13.0. The number of nitrogens with zero attached hydrogens (tertiary/aromatic N) is 2. The van der Waals surface area contributed by atoms with E-state index in [1.165, 1.54) is 6.07 Å². The highest BCUT2D eigenvalue weighted by Crippen LogP contribution is 2.32. The fourth-order valence-electron chi connectivity index (χ4n) is 2.95. The first-order chi connectivity index (χ1) is 11.6. The predicted molar refractivity (Wildman–Crippen MR) is 92.2 cm³/mol. The van der Waals surface area contributed by atoms with Crippen molar-refractivity contribution in [3.8, 4) is 0 Å². The first-order valence-electron chi connectivity index (χ1n) is 7.98. The maximum Gasteiger partial charge on any atom is 0.416 e. The van der Waals surface area contributed by atoms with Crippen LogP contribution in [0, 0.1) is 6.92 Å². The average Bonchev–Trinajstić information content (AvgIpc) is 2.84. The second-order valence-corrected chi connectivity index (χ2v) is 6.93. The number of hydrogen-bond acceptors (Lipinski definition) is 2. The van der Waals surface area contributed by atoms with E-state index < -0.39 is 17.3 Å². The van der Waals surface area contributed by atoms with Gasteiger partial charge in [-0.05, 0) is 44.5 Å². The molecule has 2 N–H and O–H groups in total. The summed E-state index contributed by atoms with van der Waals surface area (Å²) in [7, 11) is 0. The van der Waals surface area contributed by atoms with Crippen molar-refractivity contribution in [3.63, 3.8) is 0 Å². The van der Waals surface area contributed by atoms with Crippen LogP contribution in [0.5, 0.6) is 0 Å². The van der Waals surface area contributed by atoms with Crippen molar-refractivity contribution in [2.75, 3.05) is 0 Å². The van der Waals surface area contributed by atoms with Crippen molar-refractivity contribution in [1.29, 1.82) is 0 Å². The molecule has 0 atom stereocenters. The van der Waals surface area contributed by atoms with Crippen molar-refractivity contribution in [1.82, 2.24) is 9.55 Å². The van der Waals surface area contributed by atoms with Crippen LogP contribution in [-0.2, 0) is 18.3 Å². The predicted octanol–water partition coefficient (Wildman–Crippen LogP) is 4.61. The molecule has 0 unspecified atom stereocenters. The molecule has 0 radical (unpaired) electrons. The smallest absolute Gasteiger partial charge is 0.322 e. The van der Waals surface area contributed by atoms with E-state index in [1.54, 1.807) is 13.8 Å². The number of hydrogen-bond donors (Lipinski definition) is 1. The highest BCUT2D eigenvalue weighted by Gasteiger charge is 2.32. The van der Waals surface area contributed by atoms with E-state index in [9.17, 15) is 13.2 Å². The summed E-state index contributed by atoms with van der Waals surface area (Å²) in [6.07, 6.45) is -4.40. The minimum absolute atomic E-state index is 0.302. The van der Waals surface area contributed by atoms with E-state index in [-0.39, 0.29) is 0 Å². The quantitative estimate of drug-likeness (QED) is 0.752. The normalized spacial score (nSPS) is 12.8. The molecular weight excluding hydrogens is 327 g/mol. The second kappa shape index (κ2) is 5.88. The Hall–Kier alpha value is -2.34. The van der Waals surface area contributed by atoms with Crippen LogP contribution in [0.15, 0.2) is 42.5 Å². The van der Waals surface area contributed by atoms with Crippen LogP contribution in [-0.4, -0.2) is 9.55 Å². The van der Waals surface area contributed by atoms with Gasteiger partial charge in [0.1, 0.15) is 5.82 Å². The second-order valence-electron chi connectivity index (χ2n) is 6.93. The molecule has 3 aromatic rings. The van der Waals surface area contributed by atoms with E-state index in [1.807, 2.05) is 35.8 Å². The van der Waals surface area contributed by atoms with Gasteiger partial charge in [-0.25, -0.2) is 4.98 Å². The molecule has 3 rings (SSSR count). The zero-order chi connectivity index (χ0) is 18.4. The first kappa shape index (κ1) is 17.5. The number of halogens is 3. The lowest BCUT2D eigenvalue weighted by molar-refractivity contribution is -0.137. The van der Waals surface area contributed by atoms with Gasteiger partial charge in [0.05, 0.1) is 22.1 Å². The highest BCUT2D eigenvalue weighted by atomic mass is 19.4. The number of nitrogens with two attached hydrogens (primary N) is 1. The molecule has 0 aliphatic carbocycles. The van der Waals surface area contributed by atoms with Crippen molar-refractivity contribution >= 4 is 11.0 Å². The molecule has 0 aliphatic heterocycles. The zero-order valence-corrected chi connectivity index (χ0v) is 14.4. The summed E-state index contributed by atoms with van der Waals surface area (Å²) in [5, 5.41) is 0. The molecule has 1 aromatic heterocycles. The van der Waals surface area contributed by atoms with Gasteiger partial charge in [0.2, 0.25) is 0 Å². The molecule has 0 amide bonds. The number of aryl methyl sites for hydroxylation is 1. The number of imidazole rings is 1. The van der Waals surface area contributed by atoms with Crippen LogP contribution >= 0.6 is 0 Å². The molecule has 0 fully saturated rings. The molecular formula is C19H20F3N3. The lowest BCUT2D eigenvalue weighted by Gasteiger charge is -2.20. The minimum Gasteiger partial charge on any atom is -0.322 e. The summed E-state index contributed by atoms with van der Waals surface area (Å²) < 4.78 is 40.9.